The molecule has 0 spiro atoms. The molecule has 2 aromatic heterocycles. The Hall–Kier alpha value is -1.80. The molecule has 6 nitrogen and oxygen atoms in total. The van der Waals surface area contributed by atoms with Crippen molar-refractivity contribution in [2.75, 3.05) is 25.0 Å². The quantitative estimate of drug-likeness (QED) is 0.774. The highest BCUT2D eigenvalue weighted by Crippen LogP contribution is 2.33. The first-order valence-corrected chi connectivity index (χ1v) is 9.96. The number of thiazole rings is 1. The summed E-state index contributed by atoms with van der Waals surface area (Å²) in [4.78, 5) is 25.5. The van der Waals surface area contributed by atoms with Gasteiger partial charge in [0.1, 0.15) is 6.17 Å². The minimum atomic E-state index is -0.833. The SMILES string of the molecule is Cc1nc(CN2C[C@@H](F)C[C@H]2CN(C)c2nccn(C3CC3)c2=O)cs1. The molecule has 2 aromatic rings. The van der Waals surface area contributed by atoms with Crippen molar-refractivity contribution in [2.45, 2.75) is 51.0 Å². The first kappa shape index (κ1) is 17.6. The Morgan fingerprint density at radius 3 is 2.92 bits per heavy atom. The average molecular weight is 377 g/mol. The molecule has 8 heteroatoms. The zero-order valence-electron chi connectivity index (χ0n) is 15.1. The summed E-state index contributed by atoms with van der Waals surface area (Å²) < 4.78 is 15.9. The van der Waals surface area contributed by atoms with Crippen molar-refractivity contribution in [1.82, 2.24) is 19.4 Å². The van der Waals surface area contributed by atoms with Crippen molar-refractivity contribution in [2.24, 2.45) is 0 Å². The standard InChI is InChI=1S/C18H24FN5OS/c1-12-21-14(11-26-12)9-23-8-13(19)7-16(23)10-22(2)17-18(25)24(6-5-20-17)15-3-4-15/h5-6,11,13,15-16H,3-4,7-10H2,1-2H3/t13-,16-/m0/s1. The normalized spacial score (nSPS) is 23.5. The molecule has 1 aliphatic carbocycles. The molecule has 1 saturated carbocycles. The third kappa shape index (κ3) is 3.66. The van der Waals surface area contributed by atoms with Gasteiger partial charge in [0.2, 0.25) is 0 Å². The summed E-state index contributed by atoms with van der Waals surface area (Å²) in [5.41, 5.74) is 0.942. The number of likely N-dealkylation sites (N-methyl/N-ethyl adjacent to an activating group) is 1. The Balaban J connectivity index is 1.48. The Bertz CT molecular complexity index is 833. The molecule has 0 radical (unpaired) electrons. The van der Waals surface area contributed by atoms with Gasteiger partial charge in [-0.3, -0.25) is 9.69 Å². The number of halogens is 1. The number of anilines is 1. The minimum absolute atomic E-state index is 0.0472. The van der Waals surface area contributed by atoms with Gasteiger partial charge in [0.05, 0.1) is 10.7 Å². The van der Waals surface area contributed by atoms with E-state index in [0.29, 0.717) is 37.9 Å². The molecule has 140 valence electrons. The summed E-state index contributed by atoms with van der Waals surface area (Å²) in [6.45, 7) is 3.63. The predicted octanol–water partition coefficient (Wildman–Crippen LogP) is 2.39. The number of likely N-dealkylation sites (tertiary alicyclic amines) is 1. The largest absolute Gasteiger partial charge is 0.354 e. The number of alkyl halides is 1. The molecule has 4 rings (SSSR count). The van der Waals surface area contributed by atoms with Gasteiger partial charge in [0, 0.05) is 56.5 Å². The maximum Gasteiger partial charge on any atom is 0.293 e. The highest BCUT2D eigenvalue weighted by molar-refractivity contribution is 7.09. The van der Waals surface area contributed by atoms with Crippen LogP contribution >= 0.6 is 11.3 Å². The molecule has 2 fully saturated rings. The molecule has 0 amide bonds. The maximum atomic E-state index is 14.1. The van der Waals surface area contributed by atoms with E-state index < -0.39 is 6.17 Å². The number of hydrogen-bond donors (Lipinski definition) is 0. The average Bonchev–Trinajstić information content (AvgIpc) is 3.27. The lowest BCUT2D eigenvalue weighted by Gasteiger charge is -2.28. The van der Waals surface area contributed by atoms with E-state index in [1.807, 2.05) is 24.3 Å². The Kier molecular flexibility index (Phi) is 4.79. The van der Waals surface area contributed by atoms with Crippen LogP contribution in [0.1, 0.15) is 36.0 Å². The van der Waals surface area contributed by atoms with E-state index in [-0.39, 0.29) is 11.6 Å². The van der Waals surface area contributed by atoms with Crippen molar-refractivity contribution in [3.8, 4) is 0 Å². The van der Waals surface area contributed by atoms with Gasteiger partial charge >= 0.3 is 0 Å². The van der Waals surface area contributed by atoms with Gasteiger partial charge in [-0.05, 0) is 26.2 Å². The fraction of sp³-hybridized carbons (Fsp3) is 0.611. The molecule has 2 aliphatic rings. The number of aryl methyl sites for hydroxylation is 1. The highest BCUT2D eigenvalue weighted by Gasteiger charge is 2.34. The predicted molar refractivity (Wildman–Crippen MR) is 101 cm³/mol. The van der Waals surface area contributed by atoms with Crippen LogP contribution in [-0.4, -0.2) is 51.8 Å². The van der Waals surface area contributed by atoms with Crippen molar-refractivity contribution in [3.63, 3.8) is 0 Å². The van der Waals surface area contributed by atoms with E-state index in [2.05, 4.69) is 14.9 Å². The van der Waals surface area contributed by atoms with Crippen LogP contribution < -0.4 is 10.5 Å². The third-order valence-electron chi connectivity index (χ3n) is 5.14. The van der Waals surface area contributed by atoms with Crippen LogP contribution in [0, 0.1) is 6.92 Å². The van der Waals surface area contributed by atoms with Gasteiger partial charge in [-0.25, -0.2) is 14.4 Å². The second kappa shape index (κ2) is 7.08. The zero-order chi connectivity index (χ0) is 18.3. The molecule has 0 N–H and O–H groups in total. The van der Waals surface area contributed by atoms with Crippen molar-refractivity contribution in [3.05, 3.63) is 38.8 Å². The zero-order valence-corrected chi connectivity index (χ0v) is 16.0. The van der Waals surface area contributed by atoms with Crippen LogP contribution in [0.15, 0.2) is 22.6 Å². The first-order chi connectivity index (χ1) is 12.5. The number of aromatic nitrogens is 3. The number of hydrogen-bond acceptors (Lipinski definition) is 6. The molecule has 1 saturated heterocycles. The molecule has 2 atom stereocenters. The van der Waals surface area contributed by atoms with Crippen LogP contribution in [0.25, 0.3) is 0 Å². The van der Waals surface area contributed by atoms with Crippen molar-refractivity contribution in [1.29, 1.82) is 0 Å². The second-order valence-electron chi connectivity index (χ2n) is 7.35. The van der Waals surface area contributed by atoms with Crippen LogP contribution in [0.3, 0.4) is 0 Å². The second-order valence-corrected chi connectivity index (χ2v) is 8.41. The summed E-state index contributed by atoms with van der Waals surface area (Å²) in [6.07, 6.45) is 5.21. The summed E-state index contributed by atoms with van der Waals surface area (Å²) in [6, 6.07) is 0.372. The molecule has 3 heterocycles. The smallest absolute Gasteiger partial charge is 0.293 e. The first-order valence-electron chi connectivity index (χ1n) is 9.08. The molecular formula is C18H24FN5OS. The van der Waals surface area contributed by atoms with E-state index >= 15 is 0 Å². The van der Waals surface area contributed by atoms with Crippen molar-refractivity contribution < 1.29 is 4.39 Å². The fourth-order valence-corrected chi connectivity index (χ4v) is 4.32. The monoisotopic (exact) mass is 377 g/mol. The summed E-state index contributed by atoms with van der Waals surface area (Å²) in [5.74, 6) is 0.450. The lowest BCUT2D eigenvalue weighted by Crippen LogP contribution is -2.41. The van der Waals surface area contributed by atoms with Gasteiger partial charge in [0.25, 0.3) is 5.56 Å². The van der Waals surface area contributed by atoms with E-state index in [0.717, 1.165) is 23.5 Å². The number of rotatable bonds is 6. The minimum Gasteiger partial charge on any atom is -0.354 e. The van der Waals surface area contributed by atoms with E-state index in [1.54, 1.807) is 28.3 Å². The van der Waals surface area contributed by atoms with Gasteiger partial charge < -0.3 is 9.47 Å². The summed E-state index contributed by atoms with van der Waals surface area (Å²) in [5, 5.41) is 3.06. The van der Waals surface area contributed by atoms with E-state index in [4.69, 9.17) is 0 Å². The lowest BCUT2D eigenvalue weighted by molar-refractivity contribution is 0.235. The van der Waals surface area contributed by atoms with Crippen LogP contribution in [0.5, 0.6) is 0 Å². The number of nitrogens with zero attached hydrogens (tertiary/aromatic N) is 5. The van der Waals surface area contributed by atoms with Gasteiger partial charge in [-0.15, -0.1) is 11.3 Å². The Labute approximate surface area is 156 Å². The summed E-state index contributed by atoms with van der Waals surface area (Å²) in [7, 11) is 1.87. The van der Waals surface area contributed by atoms with Crippen molar-refractivity contribution >= 4 is 17.2 Å². The Morgan fingerprint density at radius 2 is 2.23 bits per heavy atom. The maximum absolute atomic E-state index is 14.1. The molecule has 1 aliphatic heterocycles. The third-order valence-corrected chi connectivity index (χ3v) is 5.97. The van der Waals surface area contributed by atoms with Crippen LogP contribution in [0.2, 0.25) is 0 Å². The highest BCUT2D eigenvalue weighted by atomic mass is 32.1. The van der Waals surface area contributed by atoms with E-state index in [1.165, 1.54) is 0 Å². The lowest BCUT2D eigenvalue weighted by atomic mass is 10.2. The Morgan fingerprint density at radius 1 is 1.42 bits per heavy atom. The van der Waals surface area contributed by atoms with Gasteiger partial charge in [-0.2, -0.15) is 0 Å². The molecular weight excluding hydrogens is 353 g/mol. The van der Waals surface area contributed by atoms with Crippen LogP contribution in [0.4, 0.5) is 10.2 Å². The van der Waals surface area contributed by atoms with E-state index in [9.17, 15) is 9.18 Å². The summed E-state index contributed by atoms with van der Waals surface area (Å²) >= 11 is 1.62. The molecule has 0 unspecified atom stereocenters. The molecule has 0 bridgehead atoms. The van der Waals surface area contributed by atoms with Crippen LogP contribution in [-0.2, 0) is 6.54 Å². The molecule has 0 aromatic carbocycles. The fourth-order valence-electron chi connectivity index (χ4n) is 3.71. The van der Waals surface area contributed by atoms with Gasteiger partial charge in [-0.1, -0.05) is 0 Å². The van der Waals surface area contributed by atoms with Gasteiger partial charge in [0.15, 0.2) is 5.82 Å². The topological polar surface area (TPSA) is 54.3 Å². The molecule has 26 heavy (non-hydrogen) atoms.